The first-order chi connectivity index (χ1) is 13.8. The molecule has 2 unspecified atom stereocenters. The zero-order valence-corrected chi connectivity index (χ0v) is 18.2. The van der Waals surface area contributed by atoms with Crippen molar-refractivity contribution in [3.05, 3.63) is 47.5 Å². The number of benzene rings is 1. The van der Waals surface area contributed by atoms with Crippen LogP contribution in [-0.2, 0) is 4.79 Å². The number of carbonyl (C=O) groups excluding carboxylic acids is 2. The van der Waals surface area contributed by atoms with E-state index in [1.165, 1.54) is 11.3 Å². The van der Waals surface area contributed by atoms with Gasteiger partial charge in [0.15, 0.2) is 5.13 Å². The maximum absolute atomic E-state index is 13.0. The molecule has 1 aromatic carbocycles. The van der Waals surface area contributed by atoms with Crippen molar-refractivity contribution in [3.8, 4) is 0 Å². The molecule has 2 N–H and O–H groups in total. The first-order valence-corrected chi connectivity index (χ1v) is 11.0. The number of nitrogens with one attached hydrogen (secondary N) is 2. The Morgan fingerprint density at radius 3 is 2.69 bits per heavy atom. The van der Waals surface area contributed by atoms with Crippen LogP contribution in [0.3, 0.4) is 0 Å². The van der Waals surface area contributed by atoms with Crippen LogP contribution < -0.4 is 10.6 Å². The van der Waals surface area contributed by atoms with Gasteiger partial charge < -0.3 is 15.5 Å². The first kappa shape index (κ1) is 21.3. The van der Waals surface area contributed by atoms with E-state index in [4.69, 9.17) is 0 Å². The Bertz CT molecular complexity index is 802. The fraction of sp³-hybridized carbons (Fsp3) is 0.500. The van der Waals surface area contributed by atoms with Crippen LogP contribution in [0.25, 0.3) is 0 Å². The van der Waals surface area contributed by atoms with E-state index < -0.39 is 0 Å². The third kappa shape index (κ3) is 6.29. The van der Waals surface area contributed by atoms with Gasteiger partial charge in [0.05, 0.1) is 12.0 Å². The summed E-state index contributed by atoms with van der Waals surface area (Å²) in [5.41, 5.74) is 1.18. The average molecular weight is 415 g/mol. The van der Waals surface area contributed by atoms with Gasteiger partial charge in [0, 0.05) is 24.7 Å². The number of thiazole rings is 1. The molecule has 2 atom stereocenters. The number of rotatable bonds is 5. The molecule has 1 aliphatic heterocycles. The van der Waals surface area contributed by atoms with Crippen LogP contribution in [-0.4, -0.2) is 34.9 Å². The number of nitrogens with zero attached hydrogens (tertiary/aromatic N) is 2. The number of aromatic nitrogens is 1. The molecule has 7 heteroatoms. The van der Waals surface area contributed by atoms with Crippen LogP contribution in [0, 0.1) is 11.3 Å². The molecule has 1 aromatic heterocycles. The highest BCUT2D eigenvalue weighted by Crippen LogP contribution is 2.30. The molecule has 0 spiro atoms. The summed E-state index contributed by atoms with van der Waals surface area (Å²) in [4.78, 5) is 31.5. The van der Waals surface area contributed by atoms with Crippen LogP contribution in [0.4, 0.5) is 9.93 Å². The Morgan fingerprint density at radius 1 is 1.28 bits per heavy atom. The van der Waals surface area contributed by atoms with Crippen molar-refractivity contribution in [1.82, 2.24) is 15.2 Å². The highest BCUT2D eigenvalue weighted by molar-refractivity contribution is 7.13. The van der Waals surface area contributed by atoms with Crippen LogP contribution >= 0.6 is 11.3 Å². The number of hydrogen-bond acceptors (Lipinski definition) is 4. The lowest BCUT2D eigenvalue weighted by Gasteiger charge is -2.34. The van der Waals surface area contributed by atoms with E-state index in [1.54, 1.807) is 11.1 Å². The lowest BCUT2D eigenvalue weighted by molar-refractivity contribution is -0.121. The third-order valence-corrected chi connectivity index (χ3v) is 5.75. The maximum Gasteiger partial charge on any atom is 0.317 e. The molecule has 3 rings (SSSR count). The van der Waals surface area contributed by atoms with Gasteiger partial charge in [0.2, 0.25) is 5.91 Å². The molecule has 29 heavy (non-hydrogen) atoms. The summed E-state index contributed by atoms with van der Waals surface area (Å²) in [5, 5.41) is 8.50. The van der Waals surface area contributed by atoms with E-state index in [9.17, 15) is 9.59 Å². The van der Waals surface area contributed by atoms with Crippen molar-refractivity contribution in [3.63, 3.8) is 0 Å². The Kier molecular flexibility index (Phi) is 6.90. The highest BCUT2D eigenvalue weighted by Gasteiger charge is 2.30. The fourth-order valence-electron chi connectivity index (χ4n) is 3.66. The van der Waals surface area contributed by atoms with Crippen molar-refractivity contribution in [2.45, 2.75) is 46.1 Å². The van der Waals surface area contributed by atoms with Crippen molar-refractivity contribution in [2.24, 2.45) is 11.3 Å². The quantitative estimate of drug-likeness (QED) is 0.746. The number of likely N-dealkylation sites (tertiary alicyclic amines) is 1. The molecule has 2 aromatic rings. The zero-order chi connectivity index (χ0) is 20.9. The molecule has 6 nitrogen and oxygen atoms in total. The zero-order valence-electron chi connectivity index (χ0n) is 17.4. The minimum Gasteiger partial charge on any atom is -0.331 e. The lowest BCUT2D eigenvalue weighted by Crippen LogP contribution is -2.49. The summed E-state index contributed by atoms with van der Waals surface area (Å²) < 4.78 is 0. The Labute approximate surface area is 176 Å². The summed E-state index contributed by atoms with van der Waals surface area (Å²) in [6.07, 6.45) is 4.11. The van der Waals surface area contributed by atoms with E-state index in [0.717, 1.165) is 24.8 Å². The van der Waals surface area contributed by atoms with E-state index >= 15 is 0 Å². The van der Waals surface area contributed by atoms with Crippen molar-refractivity contribution in [2.75, 3.05) is 18.4 Å². The highest BCUT2D eigenvalue weighted by atomic mass is 32.1. The second-order valence-electron chi connectivity index (χ2n) is 8.79. The van der Waals surface area contributed by atoms with Gasteiger partial charge in [-0.15, -0.1) is 11.3 Å². The normalized spacial score (nSPS) is 18.2. The van der Waals surface area contributed by atoms with Crippen molar-refractivity contribution in [1.29, 1.82) is 0 Å². The van der Waals surface area contributed by atoms with Gasteiger partial charge in [-0.25, -0.2) is 9.78 Å². The summed E-state index contributed by atoms with van der Waals surface area (Å²) >= 11 is 1.40. The molecular weight excluding hydrogens is 384 g/mol. The smallest absolute Gasteiger partial charge is 0.317 e. The van der Waals surface area contributed by atoms with Gasteiger partial charge >= 0.3 is 6.03 Å². The second-order valence-corrected chi connectivity index (χ2v) is 9.68. The van der Waals surface area contributed by atoms with Crippen LogP contribution in [0.15, 0.2) is 41.9 Å². The Morgan fingerprint density at radius 2 is 2.03 bits per heavy atom. The number of carbonyl (C=O) groups is 2. The van der Waals surface area contributed by atoms with Crippen molar-refractivity contribution < 1.29 is 9.59 Å². The Hall–Kier alpha value is -2.41. The molecule has 156 valence electrons. The number of anilines is 1. The third-order valence-electron chi connectivity index (χ3n) is 5.06. The number of piperidine rings is 1. The predicted octanol–water partition coefficient (Wildman–Crippen LogP) is 4.68. The molecule has 3 amide bonds. The largest absolute Gasteiger partial charge is 0.331 e. The average Bonchev–Trinajstić information content (AvgIpc) is 3.20. The maximum atomic E-state index is 13.0. The van der Waals surface area contributed by atoms with E-state index in [0.29, 0.717) is 18.2 Å². The fourth-order valence-corrected chi connectivity index (χ4v) is 4.19. The summed E-state index contributed by atoms with van der Waals surface area (Å²) in [5.74, 6) is -0.275. The van der Waals surface area contributed by atoms with Gasteiger partial charge in [0.25, 0.3) is 0 Å². The summed E-state index contributed by atoms with van der Waals surface area (Å²) in [6, 6.07) is 9.92. The number of urea groups is 1. The minimum atomic E-state index is -0.212. The van der Waals surface area contributed by atoms with E-state index in [-0.39, 0.29) is 29.3 Å². The molecule has 1 saturated heterocycles. The Balaban J connectivity index is 1.63. The van der Waals surface area contributed by atoms with Gasteiger partial charge in [-0.1, -0.05) is 51.1 Å². The van der Waals surface area contributed by atoms with Crippen LogP contribution in [0.1, 0.15) is 51.6 Å². The van der Waals surface area contributed by atoms with Gasteiger partial charge in [0.1, 0.15) is 0 Å². The first-order valence-electron chi connectivity index (χ1n) is 10.1. The van der Waals surface area contributed by atoms with Gasteiger partial charge in [-0.05, 0) is 30.2 Å². The predicted molar refractivity (Wildman–Crippen MR) is 117 cm³/mol. The number of hydrogen-bond donors (Lipinski definition) is 2. The van der Waals surface area contributed by atoms with E-state index in [1.807, 2.05) is 23.6 Å². The molecular formula is C22H30N4O2S. The SMILES string of the molecule is CC(C)(C)CC(NC(=O)N1CCCC(C(=O)Nc2nccs2)C1)c1ccccc1. The molecule has 0 aliphatic carbocycles. The van der Waals surface area contributed by atoms with Crippen molar-refractivity contribution >= 4 is 28.4 Å². The van der Waals surface area contributed by atoms with Gasteiger partial charge in [-0.2, -0.15) is 0 Å². The number of amides is 3. The molecule has 2 heterocycles. The molecule has 1 fully saturated rings. The standard InChI is InChI=1S/C22H30N4O2S/c1-22(2,3)14-18(16-8-5-4-6-9-16)24-21(28)26-12-7-10-17(15-26)19(27)25-20-23-11-13-29-20/h4-6,8-9,11,13,17-18H,7,10,12,14-15H2,1-3H3,(H,24,28)(H,23,25,27). The topological polar surface area (TPSA) is 74.3 Å². The van der Waals surface area contributed by atoms with Crippen LogP contribution in [0.5, 0.6) is 0 Å². The molecule has 0 bridgehead atoms. The minimum absolute atomic E-state index is 0.0618. The summed E-state index contributed by atoms with van der Waals surface area (Å²) in [7, 11) is 0. The van der Waals surface area contributed by atoms with Gasteiger partial charge in [-0.3, -0.25) is 4.79 Å². The molecule has 1 aliphatic rings. The lowest BCUT2D eigenvalue weighted by atomic mass is 9.85. The summed E-state index contributed by atoms with van der Waals surface area (Å²) in [6.45, 7) is 7.63. The monoisotopic (exact) mass is 414 g/mol. The van der Waals surface area contributed by atoms with Crippen LogP contribution in [0.2, 0.25) is 0 Å². The second kappa shape index (κ2) is 9.39. The molecule has 0 radical (unpaired) electrons. The molecule has 0 saturated carbocycles. The van der Waals surface area contributed by atoms with E-state index in [2.05, 4.69) is 48.5 Å².